The van der Waals surface area contributed by atoms with Crippen molar-refractivity contribution in [2.24, 2.45) is 0 Å². The van der Waals surface area contributed by atoms with Crippen molar-refractivity contribution in [2.75, 3.05) is 0 Å². The van der Waals surface area contributed by atoms with E-state index in [4.69, 9.17) is 15.0 Å². The molecule has 4 nitrogen and oxygen atoms in total. The summed E-state index contributed by atoms with van der Waals surface area (Å²) in [4.78, 5) is 15.5. The van der Waals surface area contributed by atoms with Gasteiger partial charge in [-0.05, 0) is 72.6 Å². The number of benzene rings is 8. The molecule has 10 rings (SSSR count). The van der Waals surface area contributed by atoms with E-state index in [0.717, 1.165) is 71.8 Å². The van der Waals surface area contributed by atoms with Crippen LogP contribution in [0.2, 0.25) is 0 Å². The first-order chi connectivity index (χ1) is 27.0. The van der Waals surface area contributed by atoms with Crippen molar-refractivity contribution < 1.29 is 0 Å². The molecule has 55 heavy (non-hydrogen) atoms. The van der Waals surface area contributed by atoms with Gasteiger partial charge in [0.1, 0.15) is 0 Å². The maximum Gasteiger partial charge on any atom is 0.165 e. The second-order valence-electron chi connectivity index (χ2n) is 14.7. The summed E-state index contributed by atoms with van der Waals surface area (Å²) in [7, 11) is 0. The van der Waals surface area contributed by atoms with Crippen molar-refractivity contribution in [3.05, 3.63) is 187 Å². The lowest BCUT2D eigenvalue weighted by Crippen LogP contribution is -2.16. The van der Waals surface area contributed by atoms with E-state index in [9.17, 15) is 5.26 Å². The summed E-state index contributed by atoms with van der Waals surface area (Å²) in [6.07, 6.45) is 0. The standard InChI is InChI=1S/C51H34N4/c1-51(2)44-30-36(28-29-40(44)43-23-13-18-37(31-52)47(43)51)32-24-26-33(27-25-32)45-41-21-11-9-19-38(41)39-20-10-12-22-42(39)46(45)50-54-48(34-14-5-3-6-15-34)53-49(55-50)35-16-7-4-8-17-35/h3-30H,1-2H3. The molecule has 4 heteroatoms. The normalized spacial score (nSPS) is 12.7. The second-order valence-corrected chi connectivity index (χ2v) is 14.7. The van der Waals surface area contributed by atoms with Crippen molar-refractivity contribution >= 4 is 21.5 Å². The van der Waals surface area contributed by atoms with E-state index in [1.165, 1.54) is 16.5 Å². The van der Waals surface area contributed by atoms with Crippen LogP contribution in [-0.4, -0.2) is 15.0 Å². The van der Waals surface area contributed by atoms with Crippen LogP contribution in [0.25, 0.3) is 89.1 Å². The van der Waals surface area contributed by atoms with Gasteiger partial charge in [0.25, 0.3) is 0 Å². The summed E-state index contributed by atoms with van der Waals surface area (Å²) in [6, 6.07) is 61.6. The highest BCUT2D eigenvalue weighted by Gasteiger charge is 2.37. The van der Waals surface area contributed by atoms with Gasteiger partial charge in [0.2, 0.25) is 0 Å². The predicted octanol–water partition coefficient (Wildman–Crippen LogP) is 12.7. The van der Waals surface area contributed by atoms with Gasteiger partial charge < -0.3 is 0 Å². The number of nitrogens with zero attached hydrogens (tertiary/aromatic N) is 4. The summed E-state index contributed by atoms with van der Waals surface area (Å²) in [5, 5.41) is 14.5. The molecule has 0 fully saturated rings. The molecule has 1 aliphatic carbocycles. The smallest absolute Gasteiger partial charge is 0.165 e. The molecule has 0 atom stereocenters. The molecule has 0 amide bonds. The minimum absolute atomic E-state index is 0.284. The Morgan fingerprint density at radius 3 is 1.53 bits per heavy atom. The van der Waals surface area contributed by atoms with Gasteiger partial charge in [-0.1, -0.05) is 172 Å². The van der Waals surface area contributed by atoms with Crippen LogP contribution in [0.4, 0.5) is 0 Å². The van der Waals surface area contributed by atoms with E-state index < -0.39 is 0 Å². The zero-order chi connectivity index (χ0) is 37.1. The van der Waals surface area contributed by atoms with E-state index in [-0.39, 0.29) is 5.41 Å². The molecule has 0 bridgehead atoms. The summed E-state index contributed by atoms with van der Waals surface area (Å²) in [6.45, 7) is 4.46. The first-order valence-corrected chi connectivity index (χ1v) is 18.6. The third kappa shape index (κ3) is 5.24. The third-order valence-corrected chi connectivity index (χ3v) is 11.2. The quantitative estimate of drug-likeness (QED) is 0.168. The van der Waals surface area contributed by atoms with Crippen LogP contribution in [0.1, 0.15) is 30.5 Å². The Morgan fingerprint density at radius 1 is 0.418 bits per heavy atom. The fraction of sp³-hybridized carbons (Fsp3) is 0.0588. The van der Waals surface area contributed by atoms with Gasteiger partial charge in [-0.3, -0.25) is 0 Å². The summed E-state index contributed by atoms with van der Waals surface area (Å²) in [5.41, 5.74) is 12.4. The number of aromatic nitrogens is 3. The molecule has 1 aliphatic rings. The molecule has 0 unspecified atom stereocenters. The van der Waals surface area contributed by atoms with E-state index in [0.29, 0.717) is 17.5 Å². The molecule has 0 spiro atoms. The first-order valence-electron chi connectivity index (χ1n) is 18.6. The Balaban J connectivity index is 1.18. The summed E-state index contributed by atoms with van der Waals surface area (Å²) >= 11 is 0. The van der Waals surface area contributed by atoms with Crippen molar-refractivity contribution in [3.63, 3.8) is 0 Å². The molecule has 8 aromatic carbocycles. The molecule has 0 saturated heterocycles. The molecule has 0 N–H and O–H groups in total. The van der Waals surface area contributed by atoms with Crippen molar-refractivity contribution in [1.29, 1.82) is 5.26 Å². The van der Waals surface area contributed by atoms with Gasteiger partial charge in [-0.25, -0.2) is 15.0 Å². The van der Waals surface area contributed by atoms with E-state index in [1.807, 2.05) is 72.8 Å². The molecule has 1 aromatic heterocycles. The Bertz CT molecular complexity index is 2940. The Hall–Kier alpha value is -7.22. The van der Waals surface area contributed by atoms with Crippen molar-refractivity contribution in [1.82, 2.24) is 15.0 Å². The van der Waals surface area contributed by atoms with Gasteiger partial charge in [0.15, 0.2) is 17.5 Å². The lowest BCUT2D eigenvalue weighted by atomic mass is 9.79. The fourth-order valence-electron chi connectivity index (χ4n) is 8.58. The van der Waals surface area contributed by atoms with Crippen LogP contribution in [0.5, 0.6) is 0 Å². The van der Waals surface area contributed by atoms with Crippen LogP contribution in [0.3, 0.4) is 0 Å². The summed E-state index contributed by atoms with van der Waals surface area (Å²) in [5.74, 6) is 1.89. The molecular weight excluding hydrogens is 669 g/mol. The minimum atomic E-state index is -0.284. The Labute approximate surface area is 320 Å². The van der Waals surface area contributed by atoms with Gasteiger partial charge in [0, 0.05) is 27.7 Å². The number of fused-ring (bicyclic) bond motifs is 6. The maximum absolute atomic E-state index is 9.95. The number of hydrogen-bond donors (Lipinski definition) is 0. The van der Waals surface area contributed by atoms with Crippen LogP contribution in [0, 0.1) is 11.3 Å². The van der Waals surface area contributed by atoms with Gasteiger partial charge in [-0.15, -0.1) is 0 Å². The molecule has 258 valence electrons. The SMILES string of the molecule is CC1(C)c2cc(-c3ccc(-c4c(-c5nc(-c6ccccc6)nc(-c6ccccc6)n5)c5ccccc5c5ccccc45)cc3)ccc2-c2cccc(C#N)c21. The van der Waals surface area contributed by atoms with Crippen LogP contribution < -0.4 is 0 Å². The van der Waals surface area contributed by atoms with Crippen LogP contribution >= 0.6 is 0 Å². The topological polar surface area (TPSA) is 62.5 Å². The molecule has 9 aromatic rings. The van der Waals surface area contributed by atoms with E-state index in [1.54, 1.807) is 0 Å². The average Bonchev–Trinajstić information content (AvgIpc) is 3.49. The third-order valence-electron chi connectivity index (χ3n) is 11.2. The molecule has 0 radical (unpaired) electrons. The molecule has 0 saturated carbocycles. The van der Waals surface area contributed by atoms with Crippen LogP contribution in [0.15, 0.2) is 170 Å². The lowest BCUT2D eigenvalue weighted by Gasteiger charge is -2.23. The second kappa shape index (κ2) is 12.7. The highest BCUT2D eigenvalue weighted by Crippen LogP contribution is 2.51. The average molecular weight is 703 g/mol. The first kappa shape index (κ1) is 32.4. The Morgan fingerprint density at radius 2 is 0.927 bits per heavy atom. The van der Waals surface area contributed by atoms with Crippen LogP contribution in [-0.2, 0) is 5.41 Å². The number of nitriles is 1. The molecular formula is C51H34N4. The van der Waals surface area contributed by atoms with E-state index in [2.05, 4.69) is 117 Å². The zero-order valence-corrected chi connectivity index (χ0v) is 30.5. The van der Waals surface area contributed by atoms with Crippen molar-refractivity contribution in [3.8, 4) is 73.6 Å². The van der Waals surface area contributed by atoms with E-state index >= 15 is 0 Å². The van der Waals surface area contributed by atoms with Crippen molar-refractivity contribution in [2.45, 2.75) is 19.3 Å². The van der Waals surface area contributed by atoms with Gasteiger partial charge in [0.05, 0.1) is 11.6 Å². The monoisotopic (exact) mass is 702 g/mol. The largest absolute Gasteiger partial charge is 0.208 e. The fourth-order valence-corrected chi connectivity index (χ4v) is 8.58. The maximum atomic E-state index is 9.95. The Kier molecular flexibility index (Phi) is 7.50. The lowest BCUT2D eigenvalue weighted by molar-refractivity contribution is 0.658. The minimum Gasteiger partial charge on any atom is -0.208 e. The zero-order valence-electron chi connectivity index (χ0n) is 30.5. The number of hydrogen-bond acceptors (Lipinski definition) is 4. The highest BCUT2D eigenvalue weighted by atomic mass is 15.0. The van der Waals surface area contributed by atoms with Gasteiger partial charge >= 0.3 is 0 Å². The predicted molar refractivity (Wildman–Crippen MR) is 224 cm³/mol. The molecule has 1 heterocycles. The highest BCUT2D eigenvalue weighted by molar-refractivity contribution is 6.21. The van der Waals surface area contributed by atoms with Gasteiger partial charge in [-0.2, -0.15) is 5.26 Å². The summed E-state index contributed by atoms with van der Waals surface area (Å²) < 4.78 is 0. The molecule has 0 aliphatic heterocycles. The number of rotatable bonds is 5.